The predicted octanol–water partition coefficient (Wildman–Crippen LogP) is 3.52. The van der Waals surface area contributed by atoms with Crippen LogP contribution in [0.3, 0.4) is 0 Å². The number of benzene rings is 1. The van der Waals surface area contributed by atoms with Crippen LogP contribution in [0.4, 0.5) is 5.69 Å². The van der Waals surface area contributed by atoms with Crippen LogP contribution in [0, 0.1) is 36.5 Å². The Labute approximate surface area is 165 Å². The summed E-state index contributed by atoms with van der Waals surface area (Å²) in [6, 6.07) is 7.82. The lowest BCUT2D eigenvalue weighted by Crippen LogP contribution is -2.44. The normalized spacial score (nSPS) is 36.7. The third-order valence-electron chi connectivity index (χ3n) is 7.71. The third kappa shape index (κ3) is 2.78. The molecule has 5 nitrogen and oxygen atoms in total. The maximum Gasteiger partial charge on any atom is 0.233 e. The number of anilines is 1. The number of likely N-dealkylation sites (tertiary alicyclic amines) is 1. The molecule has 5 heteroatoms. The van der Waals surface area contributed by atoms with Crippen LogP contribution in [-0.4, -0.2) is 28.7 Å². The topological polar surface area (TPSA) is 66.5 Å². The molecule has 28 heavy (non-hydrogen) atoms. The van der Waals surface area contributed by atoms with Crippen molar-refractivity contribution in [2.75, 3.05) is 5.32 Å². The van der Waals surface area contributed by atoms with Crippen LogP contribution >= 0.6 is 0 Å². The Hall–Kier alpha value is -2.17. The number of imide groups is 1. The van der Waals surface area contributed by atoms with Crippen molar-refractivity contribution in [3.63, 3.8) is 0 Å². The second kappa shape index (κ2) is 6.71. The van der Waals surface area contributed by atoms with E-state index >= 15 is 0 Å². The smallest absolute Gasteiger partial charge is 0.233 e. The van der Waals surface area contributed by atoms with Crippen molar-refractivity contribution in [1.82, 2.24) is 4.90 Å². The molecule has 0 spiro atoms. The Bertz CT molecular complexity index is 782. The molecule has 4 fully saturated rings. The highest BCUT2D eigenvalue weighted by atomic mass is 16.2. The molecule has 0 unspecified atom stereocenters. The highest BCUT2D eigenvalue weighted by molar-refractivity contribution is 6.06. The number of fused-ring (bicyclic) bond motifs is 5. The van der Waals surface area contributed by atoms with E-state index in [-0.39, 0.29) is 41.5 Å². The van der Waals surface area contributed by atoms with E-state index in [0.29, 0.717) is 11.8 Å². The Morgan fingerprint density at radius 2 is 1.46 bits per heavy atom. The van der Waals surface area contributed by atoms with Gasteiger partial charge in [-0.15, -0.1) is 0 Å². The standard InChI is InChI=1S/C23H28N2O3/c1-13-2-8-17(9-3-13)24-21(26)14-6-10-18(11-7-14)25-22(27)19-15-4-5-16(12-15)20(19)23(25)28/h2-3,8-9,14-16,18-20H,4-7,10-12H2,1H3,(H,24,26)/t14?,15-,16+,18?,19-,20+. The molecule has 1 aromatic carbocycles. The second-order valence-electron chi connectivity index (χ2n) is 9.29. The van der Waals surface area contributed by atoms with Crippen molar-refractivity contribution in [2.24, 2.45) is 29.6 Å². The summed E-state index contributed by atoms with van der Waals surface area (Å²) in [4.78, 5) is 40.2. The molecule has 1 saturated heterocycles. The minimum absolute atomic E-state index is 0.00609. The first kappa shape index (κ1) is 17.9. The van der Waals surface area contributed by atoms with Gasteiger partial charge >= 0.3 is 0 Å². The lowest BCUT2D eigenvalue weighted by Gasteiger charge is -2.33. The van der Waals surface area contributed by atoms with Gasteiger partial charge in [-0.2, -0.15) is 0 Å². The van der Waals surface area contributed by atoms with Gasteiger partial charge in [0.25, 0.3) is 0 Å². The van der Waals surface area contributed by atoms with E-state index in [1.165, 1.54) is 0 Å². The first-order chi connectivity index (χ1) is 13.5. The van der Waals surface area contributed by atoms with Crippen LogP contribution in [0.2, 0.25) is 0 Å². The maximum absolute atomic E-state index is 13.0. The van der Waals surface area contributed by atoms with Gasteiger partial charge in [0.1, 0.15) is 0 Å². The molecular formula is C23H28N2O3. The Morgan fingerprint density at radius 1 is 0.893 bits per heavy atom. The fourth-order valence-electron chi connectivity index (χ4n) is 6.27. The molecule has 2 bridgehead atoms. The molecule has 0 radical (unpaired) electrons. The number of carbonyl (C=O) groups excluding carboxylic acids is 3. The molecule has 3 aliphatic carbocycles. The lowest BCUT2D eigenvalue weighted by molar-refractivity contribution is -0.144. The summed E-state index contributed by atoms with van der Waals surface area (Å²) in [7, 11) is 0. The zero-order chi connectivity index (χ0) is 19.4. The van der Waals surface area contributed by atoms with E-state index in [4.69, 9.17) is 0 Å². The Kier molecular flexibility index (Phi) is 4.29. The van der Waals surface area contributed by atoms with E-state index in [1.54, 1.807) is 4.90 Å². The monoisotopic (exact) mass is 380 g/mol. The quantitative estimate of drug-likeness (QED) is 0.816. The van der Waals surface area contributed by atoms with E-state index in [0.717, 1.165) is 56.2 Å². The van der Waals surface area contributed by atoms with Gasteiger partial charge in [-0.3, -0.25) is 19.3 Å². The van der Waals surface area contributed by atoms with Gasteiger partial charge in [-0.25, -0.2) is 0 Å². The third-order valence-corrected chi connectivity index (χ3v) is 7.71. The van der Waals surface area contributed by atoms with E-state index in [1.807, 2.05) is 31.2 Å². The SMILES string of the molecule is Cc1ccc(NC(=O)C2CCC(N3C(=O)[C@@H]4[C@@H]5CC[C@@H](C5)[C@@H]4C3=O)CC2)cc1. The Balaban J connectivity index is 1.20. The van der Waals surface area contributed by atoms with Crippen LogP contribution in [0.5, 0.6) is 0 Å². The molecule has 3 amide bonds. The summed E-state index contributed by atoms with van der Waals surface area (Å²) >= 11 is 0. The average molecular weight is 380 g/mol. The number of carbonyl (C=O) groups is 3. The van der Waals surface area contributed by atoms with Gasteiger partial charge < -0.3 is 5.32 Å². The second-order valence-corrected chi connectivity index (χ2v) is 9.29. The molecule has 3 saturated carbocycles. The van der Waals surface area contributed by atoms with Gasteiger partial charge in [0.05, 0.1) is 11.8 Å². The van der Waals surface area contributed by atoms with Gasteiger partial charge in [0.2, 0.25) is 17.7 Å². The fourth-order valence-corrected chi connectivity index (χ4v) is 6.27. The molecule has 4 aliphatic rings. The molecule has 1 N–H and O–H groups in total. The van der Waals surface area contributed by atoms with Crippen molar-refractivity contribution in [1.29, 1.82) is 0 Å². The van der Waals surface area contributed by atoms with E-state index in [9.17, 15) is 14.4 Å². The molecule has 5 rings (SSSR count). The minimum Gasteiger partial charge on any atom is -0.326 e. The van der Waals surface area contributed by atoms with Crippen molar-refractivity contribution in [3.8, 4) is 0 Å². The summed E-state index contributed by atoms with van der Waals surface area (Å²) in [5.74, 6) is 1.01. The van der Waals surface area contributed by atoms with Crippen molar-refractivity contribution in [3.05, 3.63) is 29.8 Å². The van der Waals surface area contributed by atoms with Crippen molar-refractivity contribution >= 4 is 23.4 Å². The number of hydrogen-bond donors (Lipinski definition) is 1. The minimum atomic E-state index is -0.0407. The fraction of sp³-hybridized carbons (Fsp3) is 0.609. The number of amides is 3. The van der Waals surface area contributed by atoms with Gasteiger partial charge in [0, 0.05) is 17.6 Å². The molecule has 1 heterocycles. The van der Waals surface area contributed by atoms with E-state index < -0.39 is 0 Å². The molecule has 1 aliphatic heterocycles. The molecule has 0 aromatic heterocycles. The summed E-state index contributed by atoms with van der Waals surface area (Å²) in [5, 5.41) is 3.01. The number of rotatable bonds is 3. The zero-order valence-corrected chi connectivity index (χ0v) is 16.4. The first-order valence-corrected chi connectivity index (χ1v) is 10.8. The van der Waals surface area contributed by atoms with Crippen molar-refractivity contribution in [2.45, 2.75) is 57.9 Å². The highest BCUT2D eigenvalue weighted by Gasteiger charge is 2.61. The largest absolute Gasteiger partial charge is 0.326 e. The number of hydrogen-bond acceptors (Lipinski definition) is 3. The molecule has 4 atom stereocenters. The van der Waals surface area contributed by atoms with E-state index in [2.05, 4.69) is 5.32 Å². The Morgan fingerprint density at radius 3 is 2.04 bits per heavy atom. The summed E-state index contributed by atoms with van der Waals surface area (Å²) in [6.45, 7) is 2.02. The lowest BCUT2D eigenvalue weighted by atomic mass is 9.81. The first-order valence-electron chi connectivity index (χ1n) is 10.8. The predicted molar refractivity (Wildman–Crippen MR) is 105 cm³/mol. The number of nitrogens with zero attached hydrogens (tertiary/aromatic N) is 1. The van der Waals surface area contributed by atoms with Crippen LogP contribution in [-0.2, 0) is 14.4 Å². The highest BCUT2D eigenvalue weighted by Crippen LogP contribution is 2.56. The summed E-state index contributed by atoms with van der Waals surface area (Å²) in [5.41, 5.74) is 1.99. The van der Waals surface area contributed by atoms with Crippen LogP contribution in [0.1, 0.15) is 50.5 Å². The van der Waals surface area contributed by atoms with Crippen LogP contribution in [0.15, 0.2) is 24.3 Å². The molecule has 1 aromatic rings. The number of aryl methyl sites for hydroxylation is 1. The average Bonchev–Trinajstić information content (AvgIpc) is 3.38. The summed E-state index contributed by atoms with van der Waals surface area (Å²) < 4.78 is 0. The maximum atomic E-state index is 13.0. The van der Waals surface area contributed by atoms with Gasteiger partial charge in [-0.05, 0) is 75.8 Å². The van der Waals surface area contributed by atoms with Crippen molar-refractivity contribution < 1.29 is 14.4 Å². The van der Waals surface area contributed by atoms with Gasteiger partial charge in [-0.1, -0.05) is 17.7 Å². The summed E-state index contributed by atoms with van der Waals surface area (Å²) in [6.07, 6.45) is 6.28. The molecule has 148 valence electrons. The zero-order valence-electron chi connectivity index (χ0n) is 16.4. The number of nitrogens with one attached hydrogen (secondary N) is 1. The van der Waals surface area contributed by atoms with Crippen LogP contribution in [0.25, 0.3) is 0 Å². The molecular weight excluding hydrogens is 352 g/mol. The van der Waals surface area contributed by atoms with Crippen LogP contribution < -0.4 is 5.32 Å². The van der Waals surface area contributed by atoms with Gasteiger partial charge in [0.15, 0.2) is 0 Å².